The Hall–Kier alpha value is -1.99. The van der Waals surface area contributed by atoms with Gasteiger partial charge in [0.1, 0.15) is 17.1 Å². The number of benzene rings is 1. The molecule has 3 N–H and O–H groups in total. The summed E-state index contributed by atoms with van der Waals surface area (Å²) < 4.78 is 51.7. The summed E-state index contributed by atoms with van der Waals surface area (Å²) in [6.07, 6.45) is -5.12. The Balaban J connectivity index is 3.30. The van der Waals surface area contributed by atoms with E-state index in [0.717, 1.165) is 0 Å². The molecule has 0 fully saturated rings. The van der Waals surface area contributed by atoms with Gasteiger partial charge in [0.25, 0.3) is 0 Å². The third-order valence-electron chi connectivity index (χ3n) is 1.54. The molecule has 0 amide bonds. The molecular weight excluding hydrogens is 234 g/mol. The van der Waals surface area contributed by atoms with Gasteiger partial charge < -0.3 is 15.6 Å². The van der Waals surface area contributed by atoms with Gasteiger partial charge in [0.05, 0.1) is 5.69 Å². The van der Waals surface area contributed by atoms with Crippen molar-refractivity contribution in [2.24, 2.45) is 0 Å². The fraction of sp³-hybridized carbons (Fsp3) is 0.125. The van der Waals surface area contributed by atoms with Crippen LogP contribution >= 0.6 is 0 Å². The fourth-order valence-corrected chi connectivity index (χ4v) is 1.04. The molecule has 4 nitrogen and oxygen atoms in total. The van der Waals surface area contributed by atoms with E-state index < -0.39 is 35.1 Å². The number of anilines is 1. The van der Waals surface area contributed by atoms with E-state index in [1.165, 1.54) is 0 Å². The summed E-state index contributed by atoms with van der Waals surface area (Å²) in [6, 6.07) is 0.889. The van der Waals surface area contributed by atoms with E-state index in [1.807, 2.05) is 0 Å². The van der Waals surface area contributed by atoms with Crippen LogP contribution in [0.1, 0.15) is 10.4 Å². The first-order valence-corrected chi connectivity index (χ1v) is 3.79. The van der Waals surface area contributed by atoms with Gasteiger partial charge in [-0.3, -0.25) is 0 Å². The minimum Gasteiger partial charge on any atom is -0.477 e. The lowest BCUT2D eigenvalue weighted by atomic mass is 10.1. The van der Waals surface area contributed by atoms with Crippen LogP contribution < -0.4 is 10.5 Å². The molecule has 0 spiro atoms. The SMILES string of the molecule is Nc1cc(F)cc(OC(F)(F)F)c1C(=O)O. The molecular formula is C8H5F4NO3. The molecule has 0 atom stereocenters. The molecule has 0 radical (unpaired) electrons. The second kappa shape index (κ2) is 3.87. The molecule has 16 heavy (non-hydrogen) atoms. The van der Waals surface area contributed by atoms with Gasteiger partial charge in [-0.25, -0.2) is 9.18 Å². The molecule has 0 saturated carbocycles. The number of alkyl halides is 3. The van der Waals surface area contributed by atoms with Crippen molar-refractivity contribution in [1.82, 2.24) is 0 Å². The van der Waals surface area contributed by atoms with Gasteiger partial charge in [-0.15, -0.1) is 13.2 Å². The Kier molecular flexibility index (Phi) is 2.92. The van der Waals surface area contributed by atoms with Crippen LogP contribution in [-0.4, -0.2) is 17.4 Å². The molecule has 0 heterocycles. The number of nitrogen functional groups attached to an aromatic ring is 1. The Morgan fingerprint density at radius 3 is 2.38 bits per heavy atom. The molecule has 0 aromatic heterocycles. The Morgan fingerprint density at radius 1 is 1.38 bits per heavy atom. The highest BCUT2D eigenvalue weighted by atomic mass is 19.4. The Bertz CT molecular complexity index is 430. The molecule has 0 aliphatic heterocycles. The van der Waals surface area contributed by atoms with Crippen LogP contribution in [0.3, 0.4) is 0 Å². The first kappa shape index (κ1) is 12.1. The number of aromatic carboxylic acids is 1. The van der Waals surface area contributed by atoms with E-state index in [0.29, 0.717) is 12.1 Å². The summed E-state index contributed by atoms with van der Waals surface area (Å²) in [5.74, 6) is -4.05. The second-order valence-corrected chi connectivity index (χ2v) is 2.72. The minimum atomic E-state index is -5.12. The quantitative estimate of drug-likeness (QED) is 0.611. The van der Waals surface area contributed by atoms with Crippen LogP contribution in [0, 0.1) is 5.82 Å². The first-order valence-electron chi connectivity index (χ1n) is 3.79. The summed E-state index contributed by atoms with van der Waals surface area (Å²) >= 11 is 0. The van der Waals surface area contributed by atoms with Gasteiger partial charge >= 0.3 is 12.3 Å². The van der Waals surface area contributed by atoms with Gasteiger partial charge in [0, 0.05) is 6.07 Å². The van der Waals surface area contributed by atoms with Crippen molar-refractivity contribution in [3.05, 3.63) is 23.5 Å². The third-order valence-corrected chi connectivity index (χ3v) is 1.54. The average molecular weight is 239 g/mol. The van der Waals surface area contributed by atoms with Crippen LogP contribution in [0.15, 0.2) is 12.1 Å². The molecule has 1 aromatic carbocycles. The topological polar surface area (TPSA) is 72.5 Å². The maximum Gasteiger partial charge on any atom is 0.573 e. The number of rotatable bonds is 2. The maximum atomic E-state index is 12.7. The van der Waals surface area contributed by atoms with E-state index in [2.05, 4.69) is 4.74 Å². The van der Waals surface area contributed by atoms with Crippen molar-refractivity contribution in [1.29, 1.82) is 0 Å². The average Bonchev–Trinajstić information content (AvgIpc) is 1.96. The Labute approximate surface area is 86.2 Å². The molecule has 8 heteroatoms. The van der Waals surface area contributed by atoms with E-state index in [9.17, 15) is 22.4 Å². The van der Waals surface area contributed by atoms with Crippen LogP contribution in [0.25, 0.3) is 0 Å². The normalized spacial score (nSPS) is 11.2. The molecule has 0 bridgehead atoms. The Morgan fingerprint density at radius 2 is 1.94 bits per heavy atom. The molecule has 1 aromatic rings. The second-order valence-electron chi connectivity index (χ2n) is 2.72. The van der Waals surface area contributed by atoms with E-state index >= 15 is 0 Å². The lowest BCUT2D eigenvalue weighted by Crippen LogP contribution is -2.20. The highest BCUT2D eigenvalue weighted by molar-refractivity contribution is 5.96. The third kappa shape index (κ3) is 2.75. The molecule has 0 aliphatic rings. The van der Waals surface area contributed by atoms with Crippen LogP contribution in [0.5, 0.6) is 5.75 Å². The van der Waals surface area contributed by atoms with Crippen molar-refractivity contribution >= 4 is 11.7 Å². The predicted molar refractivity (Wildman–Crippen MR) is 44.5 cm³/mol. The van der Waals surface area contributed by atoms with Crippen molar-refractivity contribution in [3.63, 3.8) is 0 Å². The van der Waals surface area contributed by atoms with Crippen LogP contribution in [0.4, 0.5) is 23.2 Å². The van der Waals surface area contributed by atoms with Gasteiger partial charge in [0.2, 0.25) is 0 Å². The van der Waals surface area contributed by atoms with E-state index in [1.54, 1.807) is 0 Å². The van der Waals surface area contributed by atoms with Crippen LogP contribution in [-0.2, 0) is 0 Å². The largest absolute Gasteiger partial charge is 0.573 e. The molecule has 0 aliphatic carbocycles. The number of carboxylic acid groups (broad SMARTS) is 1. The maximum absolute atomic E-state index is 12.7. The molecule has 88 valence electrons. The summed E-state index contributed by atoms with van der Waals surface area (Å²) in [5.41, 5.74) is 3.50. The van der Waals surface area contributed by atoms with Gasteiger partial charge in [0.15, 0.2) is 0 Å². The van der Waals surface area contributed by atoms with E-state index in [-0.39, 0.29) is 0 Å². The van der Waals surface area contributed by atoms with Crippen molar-refractivity contribution in [2.75, 3.05) is 5.73 Å². The number of halogens is 4. The predicted octanol–water partition coefficient (Wildman–Crippen LogP) is 2.00. The summed E-state index contributed by atoms with van der Waals surface area (Å²) in [6.45, 7) is 0. The zero-order valence-electron chi connectivity index (χ0n) is 7.51. The number of carboxylic acids is 1. The van der Waals surface area contributed by atoms with Gasteiger partial charge in [-0.1, -0.05) is 0 Å². The summed E-state index contributed by atoms with van der Waals surface area (Å²) in [4.78, 5) is 10.6. The van der Waals surface area contributed by atoms with Gasteiger partial charge in [-0.2, -0.15) is 0 Å². The number of ether oxygens (including phenoxy) is 1. The van der Waals surface area contributed by atoms with Crippen LogP contribution in [0.2, 0.25) is 0 Å². The fourth-order valence-electron chi connectivity index (χ4n) is 1.04. The monoisotopic (exact) mass is 239 g/mol. The lowest BCUT2D eigenvalue weighted by Gasteiger charge is -2.12. The van der Waals surface area contributed by atoms with Crippen molar-refractivity contribution < 1.29 is 32.2 Å². The van der Waals surface area contributed by atoms with Crippen molar-refractivity contribution in [2.45, 2.75) is 6.36 Å². The smallest absolute Gasteiger partial charge is 0.477 e. The zero-order valence-corrected chi connectivity index (χ0v) is 7.51. The number of hydrogen-bond donors (Lipinski definition) is 2. The molecule has 1 rings (SSSR count). The van der Waals surface area contributed by atoms with Crippen molar-refractivity contribution in [3.8, 4) is 5.75 Å². The highest BCUT2D eigenvalue weighted by Crippen LogP contribution is 2.31. The highest BCUT2D eigenvalue weighted by Gasteiger charge is 2.34. The molecule has 0 saturated heterocycles. The zero-order chi connectivity index (χ0) is 12.5. The first-order chi connectivity index (χ1) is 7.20. The summed E-state index contributed by atoms with van der Waals surface area (Å²) in [7, 11) is 0. The molecule has 0 unspecified atom stereocenters. The summed E-state index contributed by atoms with van der Waals surface area (Å²) in [5, 5.41) is 8.58. The number of carbonyl (C=O) groups is 1. The minimum absolute atomic E-state index is 0.299. The standard InChI is InChI=1S/C8H5F4NO3/c9-3-1-4(13)6(7(14)15)5(2-3)16-8(10,11)12/h1-2H,13H2,(H,14,15). The van der Waals surface area contributed by atoms with Gasteiger partial charge in [-0.05, 0) is 6.07 Å². The number of nitrogens with two attached hydrogens (primary N) is 1. The number of hydrogen-bond acceptors (Lipinski definition) is 3. The van der Waals surface area contributed by atoms with E-state index in [4.69, 9.17) is 10.8 Å². The lowest BCUT2D eigenvalue weighted by molar-refractivity contribution is -0.274.